The fraction of sp³-hybridized carbons (Fsp3) is 0.400. The first-order valence-corrected chi connectivity index (χ1v) is 7.80. The molecule has 0 unspecified atom stereocenters. The van der Waals surface area contributed by atoms with Crippen molar-refractivity contribution >= 4 is 17.2 Å². The van der Waals surface area contributed by atoms with Crippen molar-refractivity contribution < 1.29 is 9.18 Å². The Labute approximate surface area is 126 Å². The molecule has 1 saturated heterocycles. The summed E-state index contributed by atoms with van der Waals surface area (Å²) in [4.78, 5) is 14.2. The Hall–Kier alpha value is -1.82. The van der Waals surface area contributed by atoms with Gasteiger partial charge in [0.15, 0.2) is 0 Å². The zero-order valence-corrected chi connectivity index (χ0v) is 12.6. The number of carbonyl (C=O) groups excluding carboxylic acids is 1. The van der Waals surface area contributed by atoms with Crippen molar-refractivity contribution in [1.82, 2.24) is 15.1 Å². The van der Waals surface area contributed by atoms with Crippen LogP contribution in [-0.2, 0) is 0 Å². The minimum absolute atomic E-state index is 0.145. The van der Waals surface area contributed by atoms with Crippen LogP contribution in [0.4, 0.5) is 4.39 Å². The van der Waals surface area contributed by atoms with E-state index in [1.54, 1.807) is 28.4 Å². The summed E-state index contributed by atoms with van der Waals surface area (Å²) in [5.74, 6) is -0.490. The van der Waals surface area contributed by atoms with E-state index < -0.39 is 5.82 Å². The molecule has 110 valence electrons. The number of benzene rings is 1. The van der Waals surface area contributed by atoms with Crippen LogP contribution in [0.15, 0.2) is 24.3 Å². The number of rotatable bonds is 2. The average Bonchev–Trinajstić information content (AvgIpc) is 2.94. The van der Waals surface area contributed by atoms with E-state index in [-0.39, 0.29) is 17.4 Å². The van der Waals surface area contributed by atoms with E-state index in [0.29, 0.717) is 13.1 Å². The molecule has 3 rings (SSSR count). The molecule has 2 aromatic rings. The Morgan fingerprint density at radius 1 is 1.38 bits per heavy atom. The number of aryl methyl sites for hydroxylation is 1. The second-order valence-electron chi connectivity index (χ2n) is 5.23. The molecule has 1 aliphatic rings. The van der Waals surface area contributed by atoms with Gasteiger partial charge in [0.1, 0.15) is 15.8 Å². The molecule has 1 aromatic carbocycles. The van der Waals surface area contributed by atoms with Gasteiger partial charge < -0.3 is 4.90 Å². The average molecular weight is 305 g/mol. The number of piperidine rings is 1. The Kier molecular flexibility index (Phi) is 3.96. The van der Waals surface area contributed by atoms with Crippen LogP contribution in [0.25, 0.3) is 0 Å². The smallest absolute Gasteiger partial charge is 0.256 e. The molecule has 0 spiro atoms. The Bertz CT molecular complexity index is 658. The van der Waals surface area contributed by atoms with Crippen molar-refractivity contribution in [2.75, 3.05) is 13.1 Å². The molecule has 0 N–H and O–H groups in total. The molecule has 0 radical (unpaired) electrons. The van der Waals surface area contributed by atoms with Gasteiger partial charge in [-0.2, -0.15) is 0 Å². The van der Waals surface area contributed by atoms with E-state index in [1.807, 2.05) is 6.92 Å². The third kappa shape index (κ3) is 2.95. The summed E-state index contributed by atoms with van der Waals surface area (Å²) in [6.45, 7) is 3.18. The van der Waals surface area contributed by atoms with Gasteiger partial charge >= 0.3 is 0 Å². The molecule has 6 heteroatoms. The van der Waals surface area contributed by atoms with E-state index >= 15 is 0 Å². The zero-order valence-electron chi connectivity index (χ0n) is 11.8. The SMILES string of the molecule is Cc1nnc([C@H]2CCCN(C(=O)c3ccccc3F)C2)s1. The summed E-state index contributed by atoms with van der Waals surface area (Å²) >= 11 is 1.57. The largest absolute Gasteiger partial charge is 0.338 e. The van der Waals surface area contributed by atoms with E-state index in [4.69, 9.17) is 0 Å². The molecule has 2 heterocycles. The second-order valence-corrected chi connectivity index (χ2v) is 6.44. The number of aromatic nitrogens is 2. The number of amides is 1. The molecular formula is C15H16FN3OS. The van der Waals surface area contributed by atoms with Gasteiger partial charge in [-0.05, 0) is 31.9 Å². The van der Waals surface area contributed by atoms with E-state index in [9.17, 15) is 9.18 Å². The number of nitrogens with zero attached hydrogens (tertiary/aromatic N) is 3. The molecule has 1 aliphatic heterocycles. The van der Waals surface area contributed by atoms with Gasteiger partial charge in [-0.25, -0.2) is 4.39 Å². The highest BCUT2D eigenvalue weighted by Gasteiger charge is 2.28. The van der Waals surface area contributed by atoms with E-state index in [0.717, 1.165) is 22.9 Å². The molecular weight excluding hydrogens is 289 g/mol. The summed E-state index contributed by atoms with van der Waals surface area (Å²) < 4.78 is 13.8. The molecule has 4 nitrogen and oxygen atoms in total. The first-order valence-electron chi connectivity index (χ1n) is 6.99. The quantitative estimate of drug-likeness (QED) is 0.857. The van der Waals surface area contributed by atoms with Crippen LogP contribution in [0.2, 0.25) is 0 Å². The summed E-state index contributed by atoms with van der Waals surface area (Å²) in [5.41, 5.74) is 0.145. The minimum Gasteiger partial charge on any atom is -0.338 e. The van der Waals surface area contributed by atoms with Gasteiger partial charge in [-0.3, -0.25) is 4.79 Å². The lowest BCUT2D eigenvalue weighted by molar-refractivity contribution is 0.0702. The van der Waals surface area contributed by atoms with Crippen molar-refractivity contribution in [2.24, 2.45) is 0 Å². The lowest BCUT2D eigenvalue weighted by Crippen LogP contribution is -2.39. The Balaban J connectivity index is 1.77. The number of likely N-dealkylation sites (tertiary alicyclic amines) is 1. The monoisotopic (exact) mass is 305 g/mol. The first-order chi connectivity index (χ1) is 10.1. The standard InChI is InChI=1S/C15H16FN3OS/c1-10-17-18-14(21-10)11-5-4-8-19(9-11)15(20)12-6-2-3-7-13(12)16/h2-3,6-7,11H,4-5,8-9H2,1H3/t11-/m0/s1. The number of halogens is 1. The van der Waals surface area contributed by atoms with E-state index in [2.05, 4.69) is 10.2 Å². The van der Waals surface area contributed by atoms with Crippen molar-refractivity contribution in [3.8, 4) is 0 Å². The fourth-order valence-electron chi connectivity index (χ4n) is 2.65. The van der Waals surface area contributed by atoms with Crippen LogP contribution in [0.3, 0.4) is 0 Å². The van der Waals surface area contributed by atoms with Crippen LogP contribution in [0.5, 0.6) is 0 Å². The predicted octanol–water partition coefficient (Wildman–Crippen LogP) is 3.01. The van der Waals surface area contributed by atoms with Crippen LogP contribution < -0.4 is 0 Å². The Morgan fingerprint density at radius 3 is 2.90 bits per heavy atom. The molecule has 1 amide bonds. The lowest BCUT2D eigenvalue weighted by atomic mass is 9.98. The normalized spacial score (nSPS) is 18.8. The van der Waals surface area contributed by atoms with Crippen LogP contribution >= 0.6 is 11.3 Å². The molecule has 1 atom stereocenters. The number of hydrogen-bond acceptors (Lipinski definition) is 4. The molecule has 1 aromatic heterocycles. The lowest BCUT2D eigenvalue weighted by Gasteiger charge is -2.31. The van der Waals surface area contributed by atoms with Gasteiger partial charge in [0.05, 0.1) is 5.56 Å². The molecule has 0 bridgehead atoms. The van der Waals surface area contributed by atoms with Crippen molar-refractivity contribution in [3.05, 3.63) is 45.7 Å². The van der Waals surface area contributed by atoms with E-state index in [1.165, 1.54) is 12.1 Å². The maximum absolute atomic E-state index is 13.8. The highest BCUT2D eigenvalue weighted by Crippen LogP contribution is 2.29. The maximum atomic E-state index is 13.8. The van der Waals surface area contributed by atoms with Crippen molar-refractivity contribution in [3.63, 3.8) is 0 Å². The topological polar surface area (TPSA) is 46.1 Å². The Morgan fingerprint density at radius 2 is 2.19 bits per heavy atom. The molecule has 0 aliphatic carbocycles. The molecule has 21 heavy (non-hydrogen) atoms. The number of hydrogen-bond donors (Lipinski definition) is 0. The summed E-state index contributed by atoms with van der Waals surface area (Å²) in [6.07, 6.45) is 1.90. The van der Waals surface area contributed by atoms with Crippen molar-refractivity contribution in [1.29, 1.82) is 0 Å². The third-order valence-electron chi connectivity index (χ3n) is 3.70. The highest BCUT2D eigenvalue weighted by molar-refractivity contribution is 7.11. The summed E-state index contributed by atoms with van der Waals surface area (Å²) in [5, 5.41) is 10.1. The summed E-state index contributed by atoms with van der Waals surface area (Å²) in [7, 11) is 0. The van der Waals surface area contributed by atoms with Gasteiger partial charge in [0.2, 0.25) is 0 Å². The molecule has 0 saturated carbocycles. The van der Waals surface area contributed by atoms with Gasteiger partial charge in [0.25, 0.3) is 5.91 Å². The minimum atomic E-state index is -0.462. The van der Waals surface area contributed by atoms with Gasteiger partial charge in [0, 0.05) is 19.0 Å². The number of carbonyl (C=O) groups is 1. The fourth-order valence-corrected chi connectivity index (χ4v) is 3.47. The van der Waals surface area contributed by atoms with Crippen molar-refractivity contribution in [2.45, 2.75) is 25.7 Å². The first kappa shape index (κ1) is 14.1. The highest BCUT2D eigenvalue weighted by atomic mass is 32.1. The van der Waals surface area contributed by atoms with Gasteiger partial charge in [-0.1, -0.05) is 12.1 Å². The third-order valence-corrected chi connectivity index (χ3v) is 4.70. The molecule has 1 fully saturated rings. The predicted molar refractivity (Wildman–Crippen MR) is 78.9 cm³/mol. The summed E-state index contributed by atoms with van der Waals surface area (Å²) in [6, 6.07) is 6.14. The van der Waals surface area contributed by atoms with Crippen LogP contribution in [0.1, 0.15) is 39.1 Å². The van der Waals surface area contributed by atoms with Gasteiger partial charge in [-0.15, -0.1) is 21.5 Å². The zero-order chi connectivity index (χ0) is 14.8. The van der Waals surface area contributed by atoms with Crippen LogP contribution in [0, 0.1) is 12.7 Å². The maximum Gasteiger partial charge on any atom is 0.256 e. The van der Waals surface area contributed by atoms with Crippen LogP contribution in [-0.4, -0.2) is 34.1 Å². The second kappa shape index (κ2) is 5.89.